The van der Waals surface area contributed by atoms with Crippen LogP contribution in [0.15, 0.2) is 83.5 Å². The van der Waals surface area contributed by atoms with Gasteiger partial charge < -0.3 is 4.42 Å². The standard InChI is InChI=1S/C19H17O5P/c20-19(18-12-7-13-22-18)25(21,23-14-16-8-3-1-4-9-16)24-15-17-10-5-2-6-11-17/h1-13H,14-15H2. The van der Waals surface area contributed by atoms with Crippen LogP contribution in [0.25, 0.3) is 0 Å². The zero-order chi connectivity index (χ0) is 17.5. The average molecular weight is 356 g/mol. The number of hydrogen-bond acceptors (Lipinski definition) is 5. The van der Waals surface area contributed by atoms with Gasteiger partial charge in [0.15, 0.2) is 5.76 Å². The molecular formula is C19H17O5P. The van der Waals surface area contributed by atoms with Crippen molar-refractivity contribution in [1.82, 2.24) is 0 Å². The highest BCUT2D eigenvalue weighted by Gasteiger charge is 2.38. The number of carbonyl (C=O) groups is 1. The summed E-state index contributed by atoms with van der Waals surface area (Å²) in [5.41, 5.74) is 0.793. The van der Waals surface area contributed by atoms with Gasteiger partial charge in [-0.15, -0.1) is 0 Å². The van der Waals surface area contributed by atoms with Crippen LogP contribution in [0.2, 0.25) is 0 Å². The van der Waals surface area contributed by atoms with Gasteiger partial charge in [0.25, 0.3) is 0 Å². The van der Waals surface area contributed by atoms with Crippen molar-refractivity contribution >= 4 is 13.1 Å². The minimum Gasteiger partial charge on any atom is -0.461 e. The lowest BCUT2D eigenvalue weighted by atomic mass is 10.2. The Morgan fingerprint density at radius 1 is 0.800 bits per heavy atom. The zero-order valence-corrected chi connectivity index (χ0v) is 14.3. The third kappa shape index (κ3) is 4.54. The molecule has 25 heavy (non-hydrogen) atoms. The van der Waals surface area contributed by atoms with E-state index in [-0.39, 0.29) is 19.0 Å². The van der Waals surface area contributed by atoms with E-state index in [4.69, 9.17) is 13.5 Å². The van der Waals surface area contributed by atoms with Crippen LogP contribution in [0.4, 0.5) is 0 Å². The summed E-state index contributed by atoms with van der Waals surface area (Å²) in [6, 6.07) is 21.3. The van der Waals surface area contributed by atoms with Crippen LogP contribution < -0.4 is 0 Å². The fourth-order valence-electron chi connectivity index (χ4n) is 2.16. The van der Waals surface area contributed by atoms with Gasteiger partial charge in [0.2, 0.25) is 0 Å². The first kappa shape index (κ1) is 17.4. The smallest absolute Gasteiger partial charge is 0.405 e. The third-order valence-electron chi connectivity index (χ3n) is 3.47. The van der Waals surface area contributed by atoms with E-state index in [0.29, 0.717) is 0 Å². The SMILES string of the molecule is O=C(c1ccco1)P(=O)(OCc1ccccc1)OCc1ccccc1. The van der Waals surface area contributed by atoms with Gasteiger partial charge in [-0.3, -0.25) is 18.4 Å². The van der Waals surface area contributed by atoms with Gasteiger partial charge in [0, 0.05) is 0 Å². The summed E-state index contributed by atoms with van der Waals surface area (Å²) in [7, 11) is -4.06. The molecule has 2 aromatic carbocycles. The molecule has 0 bridgehead atoms. The molecule has 0 unspecified atom stereocenters. The van der Waals surface area contributed by atoms with Crippen LogP contribution in [-0.4, -0.2) is 5.52 Å². The first-order chi connectivity index (χ1) is 12.2. The molecule has 1 aromatic heterocycles. The van der Waals surface area contributed by atoms with E-state index in [1.165, 1.54) is 12.3 Å². The lowest BCUT2D eigenvalue weighted by Gasteiger charge is -2.16. The Balaban J connectivity index is 1.77. The minimum atomic E-state index is -4.06. The maximum absolute atomic E-state index is 13.1. The summed E-state index contributed by atoms with van der Waals surface area (Å²) in [6.07, 6.45) is 1.34. The van der Waals surface area contributed by atoms with Crippen molar-refractivity contribution in [3.63, 3.8) is 0 Å². The highest BCUT2D eigenvalue weighted by Crippen LogP contribution is 2.52. The molecule has 0 aliphatic heterocycles. The largest absolute Gasteiger partial charge is 0.461 e. The second-order valence-corrected chi connectivity index (χ2v) is 7.22. The van der Waals surface area contributed by atoms with Gasteiger partial charge in [-0.05, 0) is 23.3 Å². The molecule has 128 valence electrons. The van der Waals surface area contributed by atoms with Crippen LogP contribution in [0, 0.1) is 0 Å². The number of hydrogen-bond donors (Lipinski definition) is 0. The molecule has 0 spiro atoms. The van der Waals surface area contributed by atoms with E-state index in [0.717, 1.165) is 11.1 Å². The van der Waals surface area contributed by atoms with E-state index in [9.17, 15) is 9.36 Å². The predicted molar refractivity (Wildman–Crippen MR) is 93.1 cm³/mol. The summed E-state index contributed by atoms with van der Waals surface area (Å²) >= 11 is 0. The van der Waals surface area contributed by atoms with E-state index < -0.39 is 13.1 Å². The van der Waals surface area contributed by atoms with Crippen LogP contribution in [0.3, 0.4) is 0 Å². The number of carbonyl (C=O) groups excluding carboxylic acids is 1. The highest BCUT2D eigenvalue weighted by atomic mass is 31.2. The molecule has 3 rings (SSSR count). The van der Waals surface area contributed by atoms with Crippen molar-refractivity contribution in [3.05, 3.63) is 95.9 Å². The number of rotatable bonds is 8. The monoisotopic (exact) mass is 356 g/mol. The lowest BCUT2D eigenvalue weighted by Crippen LogP contribution is -2.07. The molecule has 5 nitrogen and oxygen atoms in total. The Morgan fingerprint density at radius 3 is 1.76 bits per heavy atom. The van der Waals surface area contributed by atoms with Crippen molar-refractivity contribution in [2.75, 3.05) is 0 Å². The molecule has 0 radical (unpaired) electrons. The van der Waals surface area contributed by atoms with Crippen LogP contribution >= 0.6 is 7.60 Å². The van der Waals surface area contributed by atoms with Gasteiger partial charge in [-0.25, -0.2) is 0 Å². The van der Waals surface area contributed by atoms with Crippen LogP contribution in [-0.2, 0) is 26.8 Å². The van der Waals surface area contributed by atoms with Crippen molar-refractivity contribution in [2.24, 2.45) is 0 Å². The summed E-state index contributed by atoms with van der Waals surface area (Å²) in [6.45, 7) is -0.00128. The topological polar surface area (TPSA) is 65.7 Å². The first-order valence-corrected chi connectivity index (χ1v) is 9.27. The summed E-state index contributed by atoms with van der Waals surface area (Å²) in [5, 5.41) is 0. The summed E-state index contributed by atoms with van der Waals surface area (Å²) in [4.78, 5) is 12.6. The Labute approximate surface area is 145 Å². The van der Waals surface area contributed by atoms with Gasteiger partial charge in [-0.1, -0.05) is 60.7 Å². The molecule has 0 aliphatic rings. The summed E-state index contributed by atoms with van der Waals surface area (Å²) < 4.78 is 29.1. The van der Waals surface area contributed by atoms with Gasteiger partial charge in [0.05, 0.1) is 19.5 Å². The molecule has 3 aromatic rings. The fourth-order valence-corrected chi connectivity index (χ4v) is 3.50. The number of benzene rings is 2. The Kier molecular flexibility index (Phi) is 5.61. The van der Waals surface area contributed by atoms with Gasteiger partial charge >= 0.3 is 13.1 Å². The highest BCUT2D eigenvalue weighted by molar-refractivity contribution is 7.72. The van der Waals surface area contributed by atoms with Crippen LogP contribution in [0.5, 0.6) is 0 Å². The van der Waals surface area contributed by atoms with Crippen molar-refractivity contribution in [3.8, 4) is 0 Å². The van der Waals surface area contributed by atoms with E-state index >= 15 is 0 Å². The maximum Gasteiger partial charge on any atom is 0.405 e. The Hall–Kier alpha value is -2.46. The lowest BCUT2D eigenvalue weighted by molar-refractivity contribution is 0.0958. The van der Waals surface area contributed by atoms with Gasteiger partial charge in [-0.2, -0.15) is 0 Å². The Bertz CT molecular complexity index is 797. The molecule has 0 aliphatic carbocycles. The molecule has 6 heteroatoms. The predicted octanol–water partition coefficient (Wildman–Crippen LogP) is 5.05. The van der Waals surface area contributed by atoms with E-state index in [2.05, 4.69) is 0 Å². The summed E-state index contributed by atoms with van der Waals surface area (Å²) in [5.74, 6) is -0.0514. The molecule has 0 saturated heterocycles. The average Bonchev–Trinajstić information content (AvgIpc) is 3.20. The fraction of sp³-hybridized carbons (Fsp3) is 0.105. The van der Waals surface area contributed by atoms with E-state index in [1.807, 2.05) is 60.7 Å². The minimum absolute atomic E-state index is 0.000639. The molecule has 0 atom stereocenters. The van der Waals surface area contributed by atoms with Crippen molar-refractivity contribution < 1.29 is 22.8 Å². The molecule has 0 N–H and O–H groups in total. The molecular weight excluding hydrogens is 339 g/mol. The molecule has 0 saturated carbocycles. The Morgan fingerprint density at radius 2 is 1.32 bits per heavy atom. The van der Waals surface area contributed by atoms with Crippen LogP contribution in [0.1, 0.15) is 21.7 Å². The molecule has 0 fully saturated rings. The van der Waals surface area contributed by atoms with Crippen molar-refractivity contribution in [2.45, 2.75) is 13.2 Å². The third-order valence-corrected chi connectivity index (χ3v) is 5.12. The normalized spacial score (nSPS) is 11.4. The first-order valence-electron chi connectivity index (χ1n) is 7.73. The van der Waals surface area contributed by atoms with Crippen molar-refractivity contribution in [1.29, 1.82) is 0 Å². The second-order valence-electron chi connectivity index (χ2n) is 5.30. The maximum atomic E-state index is 13.1. The quantitative estimate of drug-likeness (QED) is 0.529. The number of furan rings is 1. The van der Waals surface area contributed by atoms with Gasteiger partial charge in [0.1, 0.15) is 0 Å². The second kappa shape index (κ2) is 8.08. The van der Waals surface area contributed by atoms with E-state index in [1.54, 1.807) is 6.07 Å². The zero-order valence-electron chi connectivity index (χ0n) is 13.4. The molecule has 1 heterocycles. The molecule has 0 amide bonds.